The van der Waals surface area contributed by atoms with Gasteiger partial charge in [0.15, 0.2) is 0 Å². The van der Waals surface area contributed by atoms with E-state index in [0.717, 1.165) is 12.1 Å². The minimum absolute atomic E-state index is 0.108. The van der Waals surface area contributed by atoms with Crippen molar-refractivity contribution >= 4 is 11.6 Å². The number of anilines is 1. The molecule has 0 saturated heterocycles. The maximum atomic E-state index is 12.0. The van der Waals surface area contributed by atoms with E-state index >= 15 is 0 Å². The van der Waals surface area contributed by atoms with Crippen molar-refractivity contribution in [3.8, 4) is 0 Å². The van der Waals surface area contributed by atoms with Crippen LogP contribution in [0.15, 0.2) is 29.1 Å². The van der Waals surface area contributed by atoms with E-state index in [1.165, 1.54) is 5.56 Å². The zero-order valence-corrected chi connectivity index (χ0v) is 13.2. The predicted molar refractivity (Wildman–Crippen MR) is 87.1 cm³/mol. The van der Waals surface area contributed by atoms with Gasteiger partial charge in [-0.15, -0.1) is 0 Å². The summed E-state index contributed by atoms with van der Waals surface area (Å²) in [6.45, 7) is 5.62. The standard InChI is InChI=1S/C17H21N3O2/c1-4-13-5-7-14(8-6-13)20-16(21)10-9-15-11(2)18-12(3)19-17(15)22/h5-8H,4,9-10H2,1-3H3,(H,20,21)(H,18,19,22). The highest BCUT2D eigenvalue weighted by Gasteiger charge is 2.09. The molecule has 0 spiro atoms. The van der Waals surface area contributed by atoms with E-state index in [1.54, 1.807) is 13.8 Å². The fraction of sp³-hybridized carbons (Fsp3) is 0.353. The Labute approximate surface area is 129 Å². The molecule has 0 aliphatic rings. The van der Waals surface area contributed by atoms with E-state index in [9.17, 15) is 9.59 Å². The second kappa shape index (κ2) is 7.02. The van der Waals surface area contributed by atoms with Gasteiger partial charge < -0.3 is 10.3 Å². The fourth-order valence-corrected chi connectivity index (χ4v) is 2.33. The van der Waals surface area contributed by atoms with Crippen molar-refractivity contribution in [2.75, 3.05) is 5.32 Å². The first-order valence-electron chi connectivity index (χ1n) is 7.44. The number of benzene rings is 1. The van der Waals surface area contributed by atoms with Gasteiger partial charge in [-0.25, -0.2) is 4.98 Å². The number of carbonyl (C=O) groups is 1. The van der Waals surface area contributed by atoms with E-state index in [2.05, 4.69) is 22.2 Å². The van der Waals surface area contributed by atoms with Crippen molar-refractivity contribution < 1.29 is 4.79 Å². The molecule has 5 heteroatoms. The molecule has 1 aromatic heterocycles. The lowest BCUT2D eigenvalue weighted by atomic mass is 10.1. The van der Waals surface area contributed by atoms with Gasteiger partial charge in [-0.3, -0.25) is 9.59 Å². The van der Waals surface area contributed by atoms with Gasteiger partial charge in [0, 0.05) is 23.4 Å². The van der Waals surface area contributed by atoms with Crippen LogP contribution in [0.1, 0.15) is 36.0 Å². The van der Waals surface area contributed by atoms with Crippen LogP contribution in [0, 0.1) is 13.8 Å². The smallest absolute Gasteiger partial charge is 0.254 e. The first-order valence-corrected chi connectivity index (χ1v) is 7.44. The van der Waals surface area contributed by atoms with Gasteiger partial charge in [0.25, 0.3) is 5.56 Å². The third kappa shape index (κ3) is 4.04. The van der Waals surface area contributed by atoms with Gasteiger partial charge in [0.05, 0.1) is 0 Å². The number of carbonyl (C=O) groups excluding carboxylic acids is 1. The van der Waals surface area contributed by atoms with Crippen LogP contribution in [-0.2, 0) is 17.6 Å². The summed E-state index contributed by atoms with van der Waals surface area (Å²) >= 11 is 0. The summed E-state index contributed by atoms with van der Waals surface area (Å²) in [5.41, 5.74) is 3.09. The minimum atomic E-state index is -0.162. The number of rotatable bonds is 5. The largest absolute Gasteiger partial charge is 0.326 e. The third-order valence-corrected chi connectivity index (χ3v) is 3.59. The van der Waals surface area contributed by atoms with Gasteiger partial charge in [0.2, 0.25) is 5.91 Å². The summed E-state index contributed by atoms with van der Waals surface area (Å²) in [7, 11) is 0. The van der Waals surface area contributed by atoms with Crippen LogP contribution in [0.25, 0.3) is 0 Å². The Morgan fingerprint density at radius 3 is 2.50 bits per heavy atom. The number of aromatic amines is 1. The molecule has 1 aromatic carbocycles. The maximum absolute atomic E-state index is 12.0. The summed E-state index contributed by atoms with van der Waals surface area (Å²) in [5.74, 6) is 0.482. The van der Waals surface area contributed by atoms with Crippen LogP contribution < -0.4 is 10.9 Å². The van der Waals surface area contributed by atoms with Crippen LogP contribution in [0.5, 0.6) is 0 Å². The molecular weight excluding hydrogens is 278 g/mol. The molecule has 0 fully saturated rings. The molecule has 1 amide bonds. The number of aromatic nitrogens is 2. The molecule has 2 rings (SSSR count). The van der Waals surface area contributed by atoms with E-state index < -0.39 is 0 Å². The van der Waals surface area contributed by atoms with Crippen LogP contribution >= 0.6 is 0 Å². The minimum Gasteiger partial charge on any atom is -0.326 e. The second-order valence-electron chi connectivity index (χ2n) is 5.31. The van der Waals surface area contributed by atoms with Crippen LogP contribution in [-0.4, -0.2) is 15.9 Å². The zero-order chi connectivity index (χ0) is 16.1. The van der Waals surface area contributed by atoms with E-state index in [4.69, 9.17) is 0 Å². The van der Waals surface area contributed by atoms with E-state index in [-0.39, 0.29) is 17.9 Å². The third-order valence-electron chi connectivity index (χ3n) is 3.59. The summed E-state index contributed by atoms with van der Waals surface area (Å²) in [6.07, 6.45) is 1.61. The zero-order valence-electron chi connectivity index (χ0n) is 13.2. The van der Waals surface area contributed by atoms with E-state index in [0.29, 0.717) is 23.5 Å². The Kier molecular flexibility index (Phi) is 5.09. The average Bonchev–Trinajstić information content (AvgIpc) is 2.47. The number of amides is 1. The number of hydrogen-bond acceptors (Lipinski definition) is 3. The highest BCUT2D eigenvalue weighted by molar-refractivity contribution is 5.90. The first kappa shape index (κ1) is 15.9. The van der Waals surface area contributed by atoms with Crippen molar-refractivity contribution in [3.05, 3.63) is 57.3 Å². The van der Waals surface area contributed by atoms with Crippen LogP contribution in [0.2, 0.25) is 0 Å². The summed E-state index contributed by atoms with van der Waals surface area (Å²) < 4.78 is 0. The highest BCUT2D eigenvalue weighted by Crippen LogP contribution is 2.11. The van der Waals surface area contributed by atoms with E-state index in [1.807, 2.05) is 24.3 Å². The Morgan fingerprint density at radius 2 is 1.91 bits per heavy atom. The van der Waals surface area contributed by atoms with Gasteiger partial charge in [-0.2, -0.15) is 0 Å². The molecule has 2 N–H and O–H groups in total. The number of H-pyrrole nitrogens is 1. The first-order chi connectivity index (χ1) is 10.5. The Balaban J connectivity index is 1.97. The number of nitrogens with zero attached hydrogens (tertiary/aromatic N) is 1. The van der Waals surface area contributed by atoms with Gasteiger partial charge in [0.1, 0.15) is 5.82 Å². The lowest BCUT2D eigenvalue weighted by molar-refractivity contribution is -0.116. The molecule has 0 aliphatic heterocycles. The molecule has 0 bridgehead atoms. The average molecular weight is 299 g/mol. The summed E-state index contributed by atoms with van der Waals surface area (Å²) in [6, 6.07) is 7.77. The Bertz CT molecular complexity index is 718. The lowest BCUT2D eigenvalue weighted by Gasteiger charge is -2.07. The fourth-order valence-electron chi connectivity index (χ4n) is 2.33. The van der Waals surface area contributed by atoms with Crippen molar-refractivity contribution in [2.24, 2.45) is 0 Å². The molecule has 22 heavy (non-hydrogen) atoms. The number of hydrogen-bond donors (Lipinski definition) is 2. The van der Waals surface area contributed by atoms with Crippen molar-refractivity contribution in [1.29, 1.82) is 0 Å². The SMILES string of the molecule is CCc1ccc(NC(=O)CCc2c(C)nc(C)[nH]c2=O)cc1. The summed E-state index contributed by atoms with van der Waals surface area (Å²) in [5, 5.41) is 2.84. The van der Waals surface area contributed by atoms with Gasteiger partial charge in [-0.05, 0) is 44.4 Å². The molecule has 5 nitrogen and oxygen atoms in total. The van der Waals surface area contributed by atoms with Gasteiger partial charge >= 0.3 is 0 Å². The molecule has 0 aliphatic carbocycles. The monoisotopic (exact) mass is 299 g/mol. The molecule has 1 heterocycles. The Hall–Kier alpha value is -2.43. The molecule has 0 radical (unpaired) electrons. The maximum Gasteiger partial charge on any atom is 0.254 e. The normalized spacial score (nSPS) is 10.5. The van der Waals surface area contributed by atoms with Crippen molar-refractivity contribution in [3.63, 3.8) is 0 Å². The molecular formula is C17H21N3O2. The second-order valence-corrected chi connectivity index (χ2v) is 5.31. The molecule has 116 valence electrons. The van der Waals surface area contributed by atoms with Gasteiger partial charge in [-0.1, -0.05) is 19.1 Å². The molecule has 0 atom stereocenters. The lowest BCUT2D eigenvalue weighted by Crippen LogP contribution is -2.20. The number of aryl methyl sites for hydroxylation is 3. The Morgan fingerprint density at radius 1 is 1.23 bits per heavy atom. The topological polar surface area (TPSA) is 74.8 Å². The molecule has 2 aromatic rings. The molecule has 0 unspecified atom stereocenters. The predicted octanol–water partition coefficient (Wildman–Crippen LogP) is 2.52. The highest BCUT2D eigenvalue weighted by atomic mass is 16.1. The van der Waals surface area contributed by atoms with Crippen molar-refractivity contribution in [1.82, 2.24) is 9.97 Å². The van der Waals surface area contributed by atoms with Crippen molar-refractivity contribution in [2.45, 2.75) is 40.0 Å². The summed E-state index contributed by atoms with van der Waals surface area (Å²) in [4.78, 5) is 30.8. The quantitative estimate of drug-likeness (QED) is 0.891. The van der Waals surface area contributed by atoms with Crippen LogP contribution in [0.3, 0.4) is 0 Å². The number of nitrogens with one attached hydrogen (secondary N) is 2. The molecule has 0 saturated carbocycles. The van der Waals surface area contributed by atoms with Crippen LogP contribution in [0.4, 0.5) is 5.69 Å².